The molecular weight excluding hydrogens is 244 g/mol. The zero-order valence-electron chi connectivity index (χ0n) is 11.1. The van der Waals surface area contributed by atoms with E-state index >= 15 is 0 Å². The summed E-state index contributed by atoms with van der Waals surface area (Å²) >= 11 is 1.66. The number of hydrogen-bond acceptors (Lipinski definition) is 3. The molecule has 1 amide bonds. The predicted octanol–water partition coefficient (Wildman–Crippen LogP) is 3.28. The van der Waals surface area contributed by atoms with E-state index in [4.69, 9.17) is 0 Å². The first-order valence-corrected chi connectivity index (χ1v) is 7.79. The van der Waals surface area contributed by atoms with E-state index < -0.39 is 0 Å². The van der Waals surface area contributed by atoms with Crippen LogP contribution in [-0.4, -0.2) is 28.4 Å². The van der Waals surface area contributed by atoms with Crippen LogP contribution in [0.2, 0.25) is 0 Å². The molecule has 0 radical (unpaired) electrons. The van der Waals surface area contributed by atoms with Crippen molar-refractivity contribution in [2.24, 2.45) is 5.92 Å². The molecule has 0 spiro atoms. The number of hydrogen-bond donors (Lipinski definition) is 0. The lowest BCUT2D eigenvalue weighted by atomic mass is 9.93. The highest BCUT2D eigenvalue weighted by atomic mass is 32.1. The molecule has 1 saturated carbocycles. The number of amides is 1. The maximum absolute atomic E-state index is 12.4. The summed E-state index contributed by atoms with van der Waals surface area (Å²) in [7, 11) is 0. The van der Waals surface area contributed by atoms with E-state index in [1.165, 1.54) is 12.8 Å². The summed E-state index contributed by atoms with van der Waals surface area (Å²) in [4.78, 5) is 19.0. The largest absolute Gasteiger partial charge is 0.335 e. The second-order valence-corrected chi connectivity index (χ2v) is 6.71. The molecule has 2 heterocycles. The third-order valence-corrected chi connectivity index (χ3v) is 5.07. The van der Waals surface area contributed by atoms with E-state index in [2.05, 4.69) is 18.8 Å². The maximum atomic E-state index is 12.4. The maximum Gasteiger partial charge on any atom is 0.273 e. The fraction of sp³-hybridized carbons (Fsp3) is 0.714. The van der Waals surface area contributed by atoms with Gasteiger partial charge in [-0.2, -0.15) is 0 Å². The van der Waals surface area contributed by atoms with Gasteiger partial charge in [0, 0.05) is 23.9 Å². The van der Waals surface area contributed by atoms with Crippen molar-refractivity contribution in [3.05, 3.63) is 16.1 Å². The zero-order valence-corrected chi connectivity index (χ0v) is 11.9. The molecule has 2 aliphatic rings. The molecule has 0 unspecified atom stereocenters. The van der Waals surface area contributed by atoms with Crippen molar-refractivity contribution in [1.82, 2.24) is 9.88 Å². The van der Waals surface area contributed by atoms with Gasteiger partial charge in [-0.3, -0.25) is 4.79 Å². The van der Waals surface area contributed by atoms with Crippen LogP contribution in [0.1, 0.15) is 60.9 Å². The first-order valence-electron chi connectivity index (χ1n) is 6.91. The summed E-state index contributed by atoms with van der Waals surface area (Å²) in [5.41, 5.74) is 0.670. The molecule has 3 rings (SSSR count). The van der Waals surface area contributed by atoms with Crippen molar-refractivity contribution in [3.8, 4) is 0 Å². The van der Waals surface area contributed by atoms with Gasteiger partial charge in [0.2, 0.25) is 0 Å². The van der Waals surface area contributed by atoms with E-state index in [9.17, 15) is 4.79 Å². The molecule has 3 nitrogen and oxygen atoms in total. The average molecular weight is 264 g/mol. The molecule has 1 saturated heterocycles. The first kappa shape index (κ1) is 12.2. The minimum atomic E-state index is 0.137. The van der Waals surface area contributed by atoms with Crippen LogP contribution in [0.25, 0.3) is 0 Å². The Morgan fingerprint density at radius 3 is 2.83 bits per heavy atom. The number of likely N-dealkylation sites (tertiary alicyclic amines) is 1. The quantitative estimate of drug-likeness (QED) is 0.821. The topological polar surface area (TPSA) is 33.2 Å². The van der Waals surface area contributed by atoms with Crippen LogP contribution in [-0.2, 0) is 0 Å². The van der Waals surface area contributed by atoms with Gasteiger partial charge in [-0.25, -0.2) is 4.98 Å². The van der Waals surface area contributed by atoms with Gasteiger partial charge in [0.1, 0.15) is 5.69 Å². The highest BCUT2D eigenvalue weighted by molar-refractivity contribution is 7.10. The lowest BCUT2D eigenvalue weighted by molar-refractivity contribution is 0.0583. The minimum absolute atomic E-state index is 0.137. The molecule has 1 aromatic heterocycles. The van der Waals surface area contributed by atoms with Crippen molar-refractivity contribution < 1.29 is 4.79 Å². The van der Waals surface area contributed by atoms with Crippen molar-refractivity contribution in [2.75, 3.05) is 6.54 Å². The van der Waals surface area contributed by atoms with Crippen molar-refractivity contribution >= 4 is 17.2 Å². The Morgan fingerprint density at radius 1 is 1.39 bits per heavy atom. The number of carbonyl (C=O) groups is 1. The summed E-state index contributed by atoms with van der Waals surface area (Å²) < 4.78 is 0. The average Bonchev–Trinajstić information content (AvgIpc) is 3.06. The van der Waals surface area contributed by atoms with E-state index in [0.29, 0.717) is 17.7 Å². The van der Waals surface area contributed by atoms with Crippen molar-refractivity contribution in [1.29, 1.82) is 0 Å². The van der Waals surface area contributed by atoms with Gasteiger partial charge in [0.05, 0.1) is 5.01 Å². The van der Waals surface area contributed by atoms with Crippen LogP contribution in [0.5, 0.6) is 0 Å². The monoisotopic (exact) mass is 264 g/mol. The van der Waals surface area contributed by atoms with Gasteiger partial charge in [-0.1, -0.05) is 6.92 Å². The molecule has 0 bridgehead atoms. The minimum Gasteiger partial charge on any atom is -0.335 e. The summed E-state index contributed by atoms with van der Waals surface area (Å²) in [5, 5.41) is 3.11. The molecule has 18 heavy (non-hydrogen) atoms. The van der Waals surface area contributed by atoms with Gasteiger partial charge in [-0.15, -0.1) is 11.3 Å². The van der Waals surface area contributed by atoms with E-state index in [1.807, 2.05) is 10.3 Å². The molecule has 1 aliphatic carbocycles. The lowest BCUT2D eigenvalue weighted by Gasteiger charge is -2.36. The molecule has 1 aliphatic heterocycles. The van der Waals surface area contributed by atoms with E-state index in [1.54, 1.807) is 11.3 Å². The second kappa shape index (κ2) is 4.65. The third-order valence-electron chi connectivity index (χ3n) is 4.07. The fourth-order valence-corrected chi connectivity index (χ4v) is 3.72. The Labute approximate surface area is 112 Å². The smallest absolute Gasteiger partial charge is 0.273 e. The molecule has 0 N–H and O–H groups in total. The Balaban J connectivity index is 1.72. The Hall–Kier alpha value is -0.900. The Kier molecular flexibility index (Phi) is 3.14. The van der Waals surface area contributed by atoms with E-state index in [-0.39, 0.29) is 5.91 Å². The predicted molar refractivity (Wildman–Crippen MR) is 73.0 cm³/mol. The zero-order chi connectivity index (χ0) is 12.7. The third kappa shape index (κ3) is 2.30. The molecule has 1 aromatic rings. The summed E-state index contributed by atoms with van der Waals surface area (Å²) in [6, 6.07) is 0.354. The Bertz CT molecular complexity index is 452. The highest BCUT2D eigenvalue weighted by Gasteiger charge is 2.31. The number of piperidine rings is 1. The number of thiazole rings is 1. The van der Waals surface area contributed by atoms with Crippen LogP contribution < -0.4 is 0 Å². The fourth-order valence-electron chi connectivity index (χ4n) is 2.76. The highest BCUT2D eigenvalue weighted by Crippen LogP contribution is 2.41. The molecule has 98 valence electrons. The van der Waals surface area contributed by atoms with Gasteiger partial charge < -0.3 is 4.90 Å². The standard InChI is InChI=1S/C14H20N2OS/c1-9-5-6-16(10(2)7-9)14(17)12-8-18-13(15-12)11-3-4-11/h8-11H,3-7H2,1-2H3/t9-,10-/m1/s1. The summed E-state index contributed by atoms with van der Waals surface area (Å²) in [6.45, 7) is 5.31. The van der Waals surface area contributed by atoms with Gasteiger partial charge in [0.15, 0.2) is 0 Å². The van der Waals surface area contributed by atoms with E-state index in [0.717, 1.165) is 30.3 Å². The summed E-state index contributed by atoms with van der Waals surface area (Å²) in [6.07, 6.45) is 4.73. The molecule has 4 heteroatoms. The summed E-state index contributed by atoms with van der Waals surface area (Å²) in [5.74, 6) is 1.52. The van der Waals surface area contributed by atoms with Crippen LogP contribution in [0, 0.1) is 5.92 Å². The number of aromatic nitrogens is 1. The Morgan fingerprint density at radius 2 is 2.17 bits per heavy atom. The van der Waals surface area contributed by atoms with Gasteiger partial charge in [-0.05, 0) is 38.5 Å². The number of nitrogens with zero attached hydrogens (tertiary/aromatic N) is 2. The second-order valence-electron chi connectivity index (χ2n) is 5.82. The molecule has 2 atom stereocenters. The van der Waals surface area contributed by atoms with Gasteiger partial charge in [0.25, 0.3) is 5.91 Å². The number of carbonyl (C=O) groups excluding carboxylic acids is 1. The normalized spacial score (nSPS) is 28.4. The lowest BCUT2D eigenvalue weighted by Crippen LogP contribution is -2.44. The SMILES string of the molecule is C[C@@H]1CCN(C(=O)c2csc(C3CC3)n2)[C@H](C)C1. The van der Waals surface area contributed by atoms with Crippen LogP contribution in [0.3, 0.4) is 0 Å². The van der Waals surface area contributed by atoms with Crippen molar-refractivity contribution in [3.63, 3.8) is 0 Å². The van der Waals surface area contributed by atoms with Gasteiger partial charge >= 0.3 is 0 Å². The van der Waals surface area contributed by atoms with Crippen molar-refractivity contribution in [2.45, 2.75) is 51.5 Å². The van der Waals surface area contributed by atoms with Crippen LogP contribution in [0.15, 0.2) is 5.38 Å². The van der Waals surface area contributed by atoms with Crippen LogP contribution in [0.4, 0.5) is 0 Å². The van der Waals surface area contributed by atoms with Crippen LogP contribution >= 0.6 is 11.3 Å². The molecule has 2 fully saturated rings. The first-order chi connectivity index (χ1) is 8.65. The molecular formula is C14H20N2OS. The number of rotatable bonds is 2. The molecule has 0 aromatic carbocycles.